The molecule has 0 saturated heterocycles. The summed E-state index contributed by atoms with van der Waals surface area (Å²) in [6.07, 6.45) is 10.6. The molecule has 1 aromatic heterocycles. The SMILES string of the molecule is CCCNc1cnn(C2CCCC2)c1. The zero-order chi connectivity index (χ0) is 9.80. The highest BCUT2D eigenvalue weighted by Gasteiger charge is 2.17. The van der Waals surface area contributed by atoms with E-state index in [1.54, 1.807) is 0 Å². The van der Waals surface area contributed by atoms with E-state index >= 15 is 0 Å². The van der Waals surface area contributed by atoms with E-state index in [1.165, 1.54) is 31.4 Å². The minimum absolute atomic E-state index is 0.659. The Morgan fingerprint density at radius 1 is 1.50 bits per heavy atom. The first-order chi connectivity index (χ1) is 6.90. The summed E-state index contributed by atoms with van der Waals surface area (Å²) >= 11 is 0. The van der Waals surface area contributed by atoms with Gasteiger partial charge in [-0.1, -0.05) is 19.8 Å². The number of rotatable bonds is 4. The molecule has 1 saturated carbocycles. The number of anilines is 1. The van der Waals surface area contributed by atoms with Gasteiger partial charge in [-0.15, -0.1) is 0 Å². The summed E-state index contributed by atoms with van der Waals surface area (Å²) in [4.78, 5) is 0. The van der Waals surface area contributed by atoms with Crippen LogP contribution in [0.15, 0.2) is 12.4 Å². The van der Waals surface area contributed by atoms with Crippen LogP contribution in [0.25, 0.3) is 0 Å². The fourth-order valence-electron chi connectivity index (χ4n) is 2.07. The van der Waals surface area contributed by atoms with Crippen molar-refractivity contribution in [3.63, 3.8) is 0 Å². The lowest BCUT2D eigenvalue weighted by molar-refractivity contribution is 0.467. The van der Waals surface area contributed by atoms with Crippen LogP contribution < -0.4 is 5.32 Å². The summed E-state index contributed by atoms with van der Waals surface area (Å²) in [7, 11) is 0. The third-order valence-electron chi connectivity index (χ3n) is 2.88. The number of aromatic nitrogens is 2. The van der Waals surface area contributed by atoms with E-state index in [9.17, 15) is 0 Å². The van der Waals surface area contributed by atoms with Crippen molar-refractivity contribution in [3.8, 4) is 0 Å². The number of hydrogen-bond acceptors (Lipinski definition) is 2. The van der Waals surface area contributed by atoms with Gasteiger partial charge in [-0.25, -0.2) is 0 Å². The number of nitrogens with zero attached hydrogens (tertiary/aromatic N) is 2. The van der Waals surface area contributed by atoms with Gasteiger partial charge >= 0.3 is 0 Å². The molecule has 3 heteroatoms. The van der Waals surface area contributed by atoms with Crippen LogP contribution in [-0.2, 0) is 0 Å². The Balaban J connectivity index is 1.94. The largest absolute Gasteiger partial charge is 0.383 e. The van der Waals surface area contributed by atoms with Crippen LogP contribution in [0.2, 0.25) is 0 Å². The van der Waals surface area contributed by atoms with Gasteiger partial charge in [0.15, 0.2) is 0 Å². The van der Waals surface area contributed by atoms with Gasteiger partial charge < -0.3 is 5.32 Å². The maximum Gasteiger partial charge on any atom is 0.0726 e. The molecule has 14 heavy (non-hydrogen) atoms. The molecule has 0 aromatic carbocycles. The molecule has 0 unspecified atom stereocenters. The van der Waals surface area contributed by atoms with Crippen LogP contribution in [-0.4, -0.2) is 16.3 Å². The maximum atomic E-state index is 4.41. The average Bonchev–Trinajstić information content (AvgIpc) is 2.85. The maximum absolute atomic E-state index is 4.41. The summed E-state index contributed by atoms with van der Waals surface area (Å²) in [5.74, 6) is 0. The highest BCUT2D eigenvalue weighted by atomic mass is 15.3. The third kappa shape index (κ3) is 2.08. The molecule has 0 bridgehead atoms. The summed E-state index contributed by atoms with van der Waals surface area (Å²) in [5, 5.41) is 7.76. The first-order valence-corrected chi connectivity index (χ1v) is 5.68. The molecule has 1 heterocycles. The fraction of sp³-hybridized carbons (Fsp3) is 0.727. The van der Waals surface area contributed by atoms with Gasteiger partial charge in [0.25, 0.3) is 0 Å². The Morgan fingerprint density at radius 3 is 3.00 bits per heavy atom. The van der Waals surface area contributed by atoms with Crippen molar-refractivity contribution in [3.05, 3.63) is 12.4 Å². The molecule has 1 fully saturated rings. The van der Waals surface area contributed by atoms with Crippen molar-refractivity contribution < 1.29 is 0 Å². The van der Waals surface area contributed by atoms with E-state index in [1.807, 2.05) is 6.20 Å². The minimum atomic E-state index is 0.659. The van der Waals surface area contributed by atoms with E-state index in [2.05, 4.69) is 28.2 Å². The number of nitrogens with one attached hydrogen (secondary N) is 1. The molecule has 3 nitrogen and oxygen atoms in total. The third-order valence-corrected chi connectivity index (χ3v) is 2.88. The lowest BCUT2D eigenvalue weighted by Gasteiger charge is -2.08. The molecule has 0 aliphatic heterocycles. The second kappa shape index (κ2) is 4.49. The first-order valence-electron chi connectivity index (χ1n) is 5.68. The topological polar surface area (TPSA) is 29.9 Å². The van der Waals surface area contributed by atoms with Crippen LogP contribution in [0.3, 0.4) is 0 Å². The van der Waals surface area contributed by atoms with Crippen molar-refractivity contribution in [1.29, 1.82) is 0 Å². The molecule has 0 radical (unpaired) electrons. The molecular weight excluding hydrogens is 174 g/mol. The van der Waals surface area contributed by atoms with Gasteiger partial charge in [0.05, 0.1) is 17.9 Å². The van der Waals surface area contributed by atoms with Gasteiger partial charge in [-0.05, 0) is 19.3 Å². The fourth-order valence-corrected chi connectivity index (χ4v) is 2.07. The highest BCUT2D eigenvalue weighted by Crippen LogP contribution is 2.29. The number of hydrogen-bond donors (Lipinski definition) is 1. The van der Waals surface area contributed by atoms with Gasteiger partial charge in [0.1, 0.15) is 0 Å². The van der Waals surface area contributed by atoms with Gasteiger partial charge in [0, 0.05) is 12.7 Å². The van der Waals surface area contributed by atoms with E-state index in [0.717, 1.165) is 13.0 Å². The van der Waals surface area contributed by atoms with Gasteiger partial charge in [-0.2, -0.15) is 5.10 Å². The zero-order valence-corrected chi connectivity index (χ0v) is 8.87. The Bertz CT molecular complexity index is 274. The zero-order valence-electron chi connectivity index (χ0n) is 8.87. The van der Waals surface area contributed by atoms with Crippen molar-refractivity contribution in [2.45, 2.75) is 45.1 Å². The monoisotopic (exact) mass is 193 g/mol. The van der Waals surface area contributed by atoms with Gasteiger partial charge in [-0.3, -0.25) is 4.68 Å². The lowest BCUT2D eigenvalue weighted by Crippen LogP contribution is -2.04. The second-order valence-electron chi connectivity index (χ2n) is 4.07. The average molecular weight is 193 g/mol. The molecule has 0 amide bonds. The lowest BCUT2D eigenvalue weighted by atomic mass is 10.3. The summed E-state index contributed by atoms with van der Waals surface area (Å²) in [5.41, 5.74) is 1.17. The van der Waals surface area contributed by atoms with Gasteiger partial charge in [0.2, 0.25) is 0 Å². The molecule has 0 atom stereocenters. The van der Waals surface area contributed by atoms with Crippen LogP contribution in [0, 0.1) is 0 Å². The van der Waals surface area contributed by atoms with Crippen LogP contribution in [0.5, 0.6) is 0 Å². The molecule has 1 aliphatic carbocycles. The van der Waals surface area contributed by atoms with Crippen LogP contribution in [0.1, 0.15) is 45.1 Å². The quantitative estimate of drug-likeness (QED) is 0.796. The standard InChI is InChI=1S/C11H19N3/c1-2-7-12-10-8-13-14(9-10)11-5-3-4-6-11/h8-9,11-12H,2-7H2,1H3. The molecule has 1 aliphatic rings. The highest BCUT2D eigenvalue weighted by molar-refractivity contribution is 5.38. The molecule has 1 aromatic rings. The van der Waals surface area contributed by atoms with Crippen molar-refractivity contribution in [2.75, 3.05) is 11.9 Å². The molecule has 78 valence electrons. The predicted octanol–water partition coefficient (Wildman–Crippen LogP) is 2.82. The van der Waals surface area contributed by atoms with Crippen molar-refractivity contribution >= 4 is 5.69 Å². The normalized spacial score (nSPS) is 17.5. The van der Waals surface area contributed by atoms with E-state index in [0.29, 0.717) is 6.04 Å². The molecular formula is C11H19N3. The first kappa shape index (κ1) is 9.56. The molecule has 0 spiro atoms. The van der Waals surface area contributed by atoms with Crippen LogP contribution in [0.4, 0.5) is 5.69 Å². The van der Waals surface area contributed by atoms with E-state index in [4.69, 9.17) is 0 Å². The summed E-state index contributed by atoms with van der Waals surface area (Å²) < 4.78 is 2.13. The molecule has 2 rings (SSSR count). The summed E-state index contributed by atoms with van der Waals surface area (Å²) in [6.45, 7) is 3.21. The Kier molecular flexibility index (Phi) is 3.07. The predicted molar refractivity (Wildman–Crippen MR) is 58.5 cm³/mol. The van der Waals surface area contributed by atoms with Crippen molar-refractivity contribution in [1.82, 2.24) is 9.78 Å². The van der Waals surface area contributed by atoms with E-state index < -0.39 is 0 Å². The van der Waals surface area contributed by atoms with E-state index in [-0.39, 0.29) is 0 Å². The summed E-state index contributed by atoms with van der Waals surface area (Å²) in [6, 6.07) is 0.659. The Hall–Kier alpha value is -0.990. The van der Waals surface area contributed by atoms with Crippen molar-refractivity contribution in [2.24, 2.45) is 0 Å². The molecule has 1 N–H and O–H groups in total. The second-order valence-corrected chi connectivity index (χ2v) is 4.07. The Morgan fingerprint density at radius 2 is 2.29 bits per heavy atom. The minimum Gasteiger partial charge on any atom is -0.383 e. The Labute approximate surface area is 85.5 Å². The van der Waals surface area contributed by atoms with Crippen LogP contribution >= 0.6 is 0 Å². The smallest absolute Gasteiger partial charge is 0.0726 e.